The fourth-order valence-corrected chi connectivity index (χ4v) is 4.01. The van der Waals surface area contributed by atoms with Crippen LogP contribution in [0.5, 0.6) is 5.75 Å². The van der Waals surface area contributed by atoms with Crippen LogP contribution < -0.4 is 10.1 Å². The summed E-state index contributed by atoms with van der Waals surface area (Å²) in [6, 6.07) is 17.4. The van der Waals surface area contributed by atoms with Gasteiger partial charge in [0.15, 0.2) is 0 Å². The Hall–Kier alpha value is -4.07. The lowest BCUT2D eigenvalue weighted by atomic mass is 9.85. The lowest BCUT2D eigenvalue weighted by molar-refractivity contribution is -0.148. The van der Waals surface area contributed by atoms with Crippen LogP contribution in [0.1, 0.15) is 29.2 Å². The first kappa shape index (κ1) is 24.1. The molecule has 3 aromatic carbocycles. The maximum atomic E-state index is 13.5. The smallest absolute Gasteiger partial charge is 0.341 e. The molecule has 180 valence electrons. The van der Waals surface area contributed by atoms with Gasteiger partial charge in [-0.1, -0.05) is 36.4 Å². The third-order valence-corrected chi connectivity index (χ3v) is 5.80. The van der Waals surface area contributed by atoms with Gasteiger partial charge >= 0.3 is 12.0 Å². The molecule has 2 unspecified atom stereocenters. The van der Waals surface area contributed by atoms with Crippen LogP contribution in [0.2, 0.25) is 0 Å². The predicted molar refractivity (Wildman–Crippen MR) is 126 cm³/mol. The molecule has 0 fully saturated rings. The van der Waals surface area contributed by atoms with Crippen molar-refractivity contribution in [3.63, 3.8) is 0 Å². The van der Waals surface area contributed by atoms with Crippen LogP contribution in [-0.4, -0.2) is 24.8 Å². The van der Waals surface area contributed by atoms with E-state index >= 15 is 0 Å². The van der Waals surface area contributed by atoms with Gasteiger partial charge in [-0.15, -0.1) is 0 Å². The van der Waals surface area contributed by atoms with Crippen molar-refractivity contribution in [3.8, 4) is 5.75 Å². The molecule has 0 saturated carbocycles. The van der Waals surface area contributed by atoms with Crippen LogP contribution in [0.25, 0.3) is 0 Å². The van der Waals surface area contributed by atoms with E-state index in [0.29, 0.717) is 29.7 Å². The lowest BCUT2D eigenvalue weighted by Gasteiger charge is -2.31. The first-order chi connectivity index (χ1) is 16.9. The number of methoxy groups -OCH3 is 1. The molecule has 0 aliphatic carbocycles. The molecule has 3 aromatic rings. The molecule has 0 radical (unpaired) electrons. The fourth-order valence-electron chi connectivity index (χ4n) is 4.01. The third-order valence-electron chi connectivity index (χ3n) is 5.80. The van der Waals surface area contributed by atoms with Gasteiger partial charge in [-0.3, -0.25) is 4.79 Å². The number of nitrogens with zero attached hydrogens (tertiary/aromatic N) is 1. The van der Waals surface area contributed by atoms with Gasteiger partial charge in [0.2, 0.25) is 0 Å². The molecule has 1 aliphatic heterocycles. The number of hydrogen-bond acceptors (Lipinski definition) is 4. The summed E-state index contributed by atoms with van der Waals surface area (Å²) in [4.78, 5) is 29.8. The second-order valence-corrected chi connectivity index (χ2v) is 8.15. The van der Waals surface area contributed by atoms with Gasteiger partial charge in [0, 0.05) is 5.71 Å². The second-order valence-electron chi connectivity index (χ2n) is 8.15. The summed E-state index contributed by atoms with van der Waals surface area (Å²) in [5.74, 6) is -1.69. The minimum atomic E-state index is -0.926. The summed E-state index contributed by atoms with van der Waals surface area (Å²) in [7, 11) is 1.58. The fraction of sp³-hybridized carbons (Fsp3) is 0.222. The van der Waals surface area contributed by atoms with E-state index < -0.39 is 35.6 Å². The third kappa shape index (κ3) is 6.09. The molecule has 4 rings (SSSR count). The van der Waals surface area contributed by atoms with Crippen LogP contribution in [0.4, 0.5) is 13.6 Å². The zero-order valence-corrected chi connectivity index (χ0v) is 19.0. The molecular weight excluding hydrogens is 454 g/mol. The van der Waals surface area contributed by atoms with Crippen LogP contribution >= 0.6 is 0 Å². The summed E-state index contributed by atoms with van der Waals surface area (Å²) in [6.07, 6.45) is 0.858. The van der Waals surface area contributed by atoms with Gasteiger partial charge in [0.05, 0.1) is 13.2 Å². The Bertz CT molecular complexity index is 1230. The molecule has 2 amide bonds. The lowest BCUT2D eigenvalue weighted by Crippen LogP contribution is -2.45. The predicted octanol–water partition coefficient (Wildman–Crippen LogP) is 5.17. The summed E-state index contributed by atoms with van der Waals surface area (Å²) in [5.41, 5.74) is 2.38. The van der Waals surface area contributed by atoms with Gasteiger partial charge in [0.25, 0.3) is 0 Å². The number of urea groups is 1. The summed E-state index contributed by atoms with van der Waals surface area (Å²) >= 11 is 0. The summed E-state index contributed by atoms with van der Waals surface area (Å²) in [6.45, 7) is -0.136. The van der Waals surface area contributed by atoms with E-state index in [1.165, 1.54) is 42.5 Å². The normalized spacial score (nSPS) is 17.3. The van der Waals surface area contributed by atoms with Gasteiger partial charge in [-0.25, -0.2) is 18.6 Å². The zero-order valence-electron chi connectivity index (χ0n) is 19.0. The summed E-state index contributed by atoms with van der Waals surface area (Å²) < 4.78 is 37.8. The number of aryl methyl sites for hydroxylation is 1. The molecule has 8 heteroatoms. The standard InChI is InChI=1S/C27H24F2N2O4/c1-34-22-12-5-17(6-13-22)7-14-23-24(26(32)35-16-18-3-2-4-21(29)15-18)25(31-27(33)30-23)19-8-10-20(28)11-9-19/h2-6,8-13,15,24-25H,7,14,16H2,1H3,(H,31,33). The van der Waals surface area contributed by atoms with Gasteiger partial charge in [0.1, 0.15) is 29.9 Å². The molecule has 35 heavy (non-hydrogen) atoms. The number of carbonyl (C=O) groups excluding carboxylic acids is 2. The zero-order chi connectivity index (χ0) is 24.8. The molecule has 2 atom stereocenters. The van der Waals surface area contributed by atoms with Crippen LogP contribution in [0.3, 0.4) is 0 Å². The number of carbonyl (C=O) groups is 2. The Labute approximate surface area is 201 Å². The first-order valence-electron chi connectivity index (χ1n) is 11.1. The maximum Gasteiger partial charge on any atom is 0.341 e. The Morgan fingerprint density at radius 1 is 0.943 bits per heavy atom. The molecular formula is C27H24F2N2O4. The highest BCUT2D eigenvalue weighted by atomic mass is 19.1. The number of amides is 2. The topological polar surface area (TPSA) is 77.0 Å². The minimum absolute atomic E-state index is 0.136. The van der Waals surface area contributed by atoms with Gasteiger partial charge in [-0.05, 0) is 65.9 Å². The number of rotatable bonds is 8. The average molecular weight is 478 g/mol. The van der Waals surface area contributed by atoms with Gasteiger partial charge in [-0.2, -0.15) is 0 Å². The number of esters is 1. The van der Waals surface area contributed by atoms with Crippen LogP contribution in [0.15, 0.2) is 77.8 Å². The maximum absolute atomic E-state index is 13.5. The Balaban J connectivity index is 1.58. The van der Waals surface area contributed by atoms with Crippen molar-refractivity contribution < 1.29 is 27.8 Å². The van der Waals surface area contributed by atoms with Crippen molar-refractivity contribution in [2.24, 2.45) is 10.9 Å². The minimum Gasteiger partial charge on any atom is -0.497 e. The van der Waals surface area contributed by atoms with E-state index in [0.717, 1.165) is 11.3 Å². The molecule has 1 aliphatic rings. The largest absolute Gasteiger partial charge is 0.497 e. The highest BCUT2D eigenvalue weighted by Crippen LogP contribution is 2.30. The van der Waals surface area contributed by atoms with Crippen molar-refractivity contribution in [1.82, 2.24) is 5.32 Å². The first-order valence-corrected chi connectivity index (χ1v) is 11.1. The Kier molecular flexibility index (Phi) is 7.50. The molecule has 1 heterocycles. The highest BCUT2D eigenvalue weighted by Gasteiger charge is 2.39. The molecule has 1 N–H and O–H groups in total. The van der Waals surface area contributed by atoms with E-state index in [1.807, 2.05) is 24.3 Å². The molecule has 0 spiro atoms. The van der Waals surface area contributed by atoms with Crippen LogP contribution in [0, 0.1) is 17.6 Å². The number of hydrogen-bond donors (Lipinski definition) is 1. The molecule has 0 aromatic heterocycles. The van der Waals surface area contributed by atoms with E-state index in [-0.39, 0.29) is 6.61 Å². The van der Waals surface area contributed by atoms with Crippen molar-refractivity contribution in [2.45, 2.75) is 25.5 Å². The Morgan fingerprint density at radius 2 is 1.69 bits per heavy atom. The number of ether oxygens (including phenoxy) is 2. The molecule has 0 bridgehead atoms. The quantitative estimate of drug-likeness (QED) is 0.453. The van der Waals surface area contributed by atoms with Gasteiger partial charge < -0.3 is 14.8 Å². The number of nitrogens with one attached hydrogen (secondary N) is 1. The van der Waals surface area contributed by atoms with Crippen molar-refractivity contribution in [2.75, 3.05) is 7.11 Å². The van der Waals surface area contributed by atoms with E-state index in [4.69, 9.17) is 9.47 Å². The summed E-state index contributed by atoms with van der Waals surface area (Å²) in [5, 5.41) is 2.71. The monoisotopic (exact) mass is 478 g/mol. The molecule has 0 saturated heterocycles. The van der Waals surface area contributed by atoms with Crippen LogP contribution in [-0.2, 0) is 22.6 Å². The highest BCUT2D eigenvalue weighted by molar-refractivity contribution is 6.09. The number of halogens is 2. The molecule has 6 nitrogen and oxygen atoms in total. The second kappa shape index (κ2) is 10.9. The van der Waals surface area contributed by atoms with Crippen molar-refractivity contribution in [1.29, 1.82) is 0 Å². The van der Waals surface area contributed by atoms with Crippen molar-refractivity contribution in [3.05, 3.63) is 101 Å². The average Bonchev–Trinajstić information content (AvgIpc) is 2.86. The van der Waals surface area contributed by atoms with Crippen molar-refractivity contribution >= 4 is 17.7 Å². The van der Waals surface area contributed by atoms with E-state index in [2.05, 4.69) is 10.3 Å². The Morgan fingerprint density at radius 3 is 2.37 bits per heavy atom. The van der Waals surface area contributed by atoms with E-state index in [1.54, 1.807) is 13.2 Å². The SMILES string of the molecule is COc1ccc(CCC2=NC(=O)NC(c3ccc(F)cc3)C2C(=O)OCc2cccc(F)c2)cc1. The number of benzene rings is 3. The van der Waals surface area contributed by atoms with E-state index in [9.17, 15) is 18.4 Å². The number of aliphatic imine (C=N–C) groups is 1.